The van der Waals surface area contributed by atoms with Gasteiger partial charge in [0.25, 0.3) is 5.56 Å². The SMILES string of the molecule is CCS(=O)(=O)N1CC2(CC(CNc3nc4cnc(-c5c(C)ncnc5C5CC5)nc4n(C(C)C4CC4)c3=O)C2)C1. The number of hydrogen-bond donors (Lipinski definition) is 1. The fourth-order valence-electron chi connectivity index (χ4n) is 6.73. The van der Waals surface area contributed by atoms with Gasteiger partial charge in [-0.15, -0.1) is 0 Å². The Morgan fingerprint density at radius 1 is 1.10 bits per heavy atom. The van der Waals surface area contributed by atoms with Crippen molar-refractivity contribution in [3.63, 3.8) is 0 Å². The first-order chi connectivity index (χ1) is 19.2. The average Bonchev–Trinajstić information content (AvgIpc) is 3.80. The Kier molecular flexibility index (Phi) is 6.01. The van der Waals surface area contributed by atoms with Crippen LogP contribution < -0.4 is 10.9 Å². The molecule has 3 aliphatic carbocycles. The fourth-order valence-corrected chi connectivity index (χ4v) is 8.03. The summed E-state index contributed by atoms with van der Waals surface area (Å²) in [5.74, 6) is 2.28. The molecule has 0 amide bonds. The second kappa shape index (κ2) is 9.27. The number of aromatic nitrogens is 6. The molecule has 0 radical (unpaired) electrons. The lowest BCUT2D eigenvalue weighted by Crippen LogP contribution is -2.64. The summed E-state index contributed by atoms with van der Waals surface area (Å²) >= 11 is 0. The molecule has 4 aliphatic rings. The van der Waals surface area contributed by atoms with Crippen LogP contribution >= 0.6 is 0 Å². The summed E-state index contributed by atoms with van der Waals surface area (Å²) < 4.78 is 27.6. The van der Waals surface area contributed by atoms with E-state index in [-0.39, 0.29) is 22.8 Å². The van der Waals surface area contributed by atoms with Gasteiger partial charge in [0.1, 0.15) is 11.8 Å². The third-order valence-electron chi connectivity index (χ3n) is 9.38. The Morgan fingerprint density at radius 2 is 1.85 bits per heavy atom. The summed E-state index contributed by atoms with van der Waals surface area (Å²) in [5.41, 5.74) is 3.79. The number of sulfonamides is 1. The maximum absolute atomic E-state index is 13.8. The van der Waals surface area contributed by atoms with E-state index in [4.69, 9.17) is 9.97 Å². The molecule has 4 heterocycles. The van der Waals surface area contributed by atoms with Gasteiger partial charge in [-0.3, -0.25) is 9.36 Å². The second-order valence-corrected chi connectivity index (χ2v) is 14.7. The molecule has 11 nitrogen and oxygen atoms in total. The number of hydrogen-bond acceptors (Lipinski definition) is 9. The highest BCUT2D eigenvalue weighted by molar-refractivity contribution is 7.89. The summed E-state index contributed by atoms with van der Waals surface area (Å²) in [6.07, 6.45) is 9.67. The second-order valence-electron chi connectivity index (χ2n) is 12.4. The average molecular weight is 565 g/mol. The molecule has 0 aromatic carbocycles. The lowest BCUT2D eigenvalue weighted by molar-refractivity contribution is -0.0477. The molecule has 1 spiro atoms. The molecule has 1 saturated heterocycles. The van der Waals surface area contributed by atoms with E-state index in [2.05, 4.69) is 27.2 Å². The molecule has 12 heteroatoms. The molecule has 1 atom stereocenters. The highest BCUT2D eigenvalue weighted by atomic mass is 32.2. The zero-order valence-electron chi connectivity index (χ0n) is 23.3. The number of anilines is 1. The Balaban J connectivity index is 1.15. The largest absolute Gasteiger partial charge is 0.365 e. The third kappa shape index (κ3) is 4.39. The van der Waals surface area contributed by atoms with Gasteiger partial charge in [-0.25, -0.2) is 37.6 Å². The molecule has 7 rings (SSSR count). The Bertz CT molecular complexity index is 1650. The first-order valence-corrected chi connectivity index (χ1v) is 16.1. The van der Waals surface area contributed by atoms with Crippen molar-refractivity contribution in [3.05, 3.63) is 34.3 Å². The van der Waals surface area contributed by atoms with Gasteiger partial charge in [0, 0.05) is 31.6 Å². The number of rotatable bonds is 9. The van der Waals surface area contributed by atoms with Crippen molar-refractivity contribution in [1.29, 1.82) is 0 Å². The number of fused-ring (bicyclic) bond motifs is 1. The maximum atomic E-state index is 13.8. The van der Waals surface area contributed by atoms with Crippen LogP contribution in [0.25, 0.3) is 22.6 Å². The van der Waals surface area contributed by atoms with E-state index < -0.39 is 10.0 Å². The lowest BCUT2D eigenvalue weighted by atomic mass is 9.58. The molecule has 3 saturated carbocycles. The van der Waals surface area contributed by atoms with Gasteiger partial charge in [-0.1, -0.05) is 0 Å². The Hall–Kier alpha value is -2.99. The first kappa shape index (κ1) is 25.9. The van der Waals surface area contributed by atoms with Crippen LogP contribution in [0.1, 0.15) is 75.7 Å². The van der Waals surface area contributed by atoms with Crippen LogP contribution in [-0.2, 0) is 10.0 Å². The minimum Gasteiger partial charge on any atom is -0.365 e. The molecule has 3 aromatic rings. The summed E-state index contributed by atoms with van der Waals surface area (Å²) in [5, 5.41) is 3.34. The van der Waals surface area contributed by atoms with Gasteiger partial charge >= 0.3 is 0 Å². The van der Waals surface area contributed by atoms with E-state index in [1.54, 1.807) is 23.8 Å². The van der Waals surface area contributed by atoms with Crippen molar-refractivity contribution < 1.29 is 8.42 Å². The zero-order chi connectivity index (χ0) is 27.8. The molecule has 0 bridgehead atoms. The minimum absolute atomic E-state index is 0.00534. The first-order valence-electron chi connectivity index (χ1n) is 14.5. The summed E-state index contributed by atoms with van der Waals surface area (Å²) in [7, 11) is -3.11. The molecule has 4 fully saturated rings. The molecule has 1 N–H and O–H groups in total. The predicted octanol–water partition coefficient (Wildman–Crippen LogP) is 3.27. The Morgan fingerprint density at radius 3 is 2.52 bits per heavy atom. The molecule has 212 valence electrons. The van der Waals surface area contributed by atoms with Crippen LogP contribution in [0.4, 0.5) is 5.82 Å². The van der Waals surface area contributed by atoms with Crippen LogP contribution in [-0.4, -0.2) is 67.6 Å². The maximum Gasteiger partial charge on any atom is 0.295 e. The van der Waals surface area contributed by atoms with E-state index >= 15 is 0 Å². The van der Waals surface area contributed by atoms with Crippen LogP contribution in [0.3, 0.4) is 0 Å². The highest BCUT2D eigenvalue weighted by Crippen LogP contribution is 2.52. The summed E-state index contributed by atoms with van der Waals surface area (Å²) in [6.45, 7) is 7.62. The monoisotopic (exact) mass is 564 g/mol. The molecule has 1 unspecified atom stereocenters. The summed E-state index contributed by atoms with van der Waals surface area (Å²) in [6, 6.07) is 0.00534. The van der Waals surface area contributed by atoms with E-state index in [0.717, 1.165) is 55.5 Å². The van der Waals surface area contributed by atoms with Gasteiger partial charge < -0.3 is 5.32 Å². The van der Waals surface area contributed by atoms with Crippen molar-refractivity contribution in [3.8, 4) is 11.4 Å². The van der Waals surface area contributed by atoms with E-state index in [0.29, 0.717) is 60.2 Å². The van der Waals surface area contributed by atoms with Crippen molar-refractivity contribution >= 4 is 27.0 Å². The topological polar surface area (TPSA) is 136 Å². The van der Waals surface area contributed by atoms with Crippen molar-refractivity contribution in [1.82, 2.24) is 33.8 Å². The zero-order valence-corrected chi connectivity index (χ0v) is 24.1. The molecular formula is C28H36N8O3S. The predicted molar refractivity (Wildman–Crippen MR) is 151 cm³/mol. The molecule has 3 aromatic heterocycles. The molecular weight excluding hydrogens is 528 g/mol. The van der Waals surface area contributed by atoms with E-state index in [1.807, 2.05) is 11.5 Å². The van der Waals surface area contributed by atoms with Gasteiger partial charge in [0.15, 0.2) is 17.3 Å². The van der Waals surface area contributed by atoms with Crippen LogP contribution in [0, 0.1) is 24.2 Å². The number of aryl methyl sites for hydroxylation is 1. The van der Waals surface area contributed by atoms with Crippen molar-refractivity contribution in [2.24, 2.45) is 17.3 Å². The van der Waals surface area contributed by atoms with Crippen molar-refractivity contribution in [2.45, 2.75) is 71.3 Å². The standard InChI is InChI=1S/C28H36N8O3S/c1-4-40(38,39)35-13-28(14-35)9-18(10-28)11-29-25-27(37)36(17(3)19-5-6-19)26-21(33-25)12-30-24(34-26)22-16(2)31-15-32-23(22)20-7-8-20/h12,15,17-20H,4-11,13-14H2,1-3H3,(H,29,33). The van der Waals surface area contributed by atoms with E-state index in [9.17, 15) is 13.2 Å². The smallest absolute Gasteiger partial charge is 0.295 e. The van der Waals surface area contributed by atoms with Gasteiger partial charge in [0.05, 0.1) is 28.9 Å². The number of nitrogens with one attached hydrogen (secondary N) is 1. The Labute approximate surface area is 233 Å². The molecule has 40 heavy (non-hydrogen) atoms. The van der Waals surface area contributed by atoms with Gasteiger partial charge in [-0.05, 0) is 76.5 Å². The normalized spacial score (nSPS) is 21.8. The van der Waals surface area contributed by atoms with Crippen LogP contribution in [0.2, 0.25) is 0 Å². The van der Waals surface area contributed by atoms with Gasteiger partial charge in [-0.2, -0.15) is 0 Å². The quantitative estimate of drug-likeness (QED) is 0.415. The van der Waals surface area contributed by atoms with Gasteiger partial charge in [0.2, 0.25) is 10.0 Å². The third-order valence-corrected chi connectivity index (χ3v) is 11.2. The molecule has 1 aliphatic heterocycles. The minimum atomic E-state index is -3.11. The fraction of sp³-hybridized carbons (Fsp3) is 0.643. The van der Waals surface area contributed by atoms with Crippen molar-refractivity contribution in [2.75, 3.05) is 30.7 Å². The van der Waals surface area contributed by atoms with E-state index in [1.165, 1.54) is 0 Å². The highest BCUT2D eigenvalue weighted by Gasteiger charge is 2.54. The lowest BCUT2D eigenvalue weighted by Gasteiger charge is -2.58. The van der Waals surface area contributed by atoms with Crippen LogP contribution in [0.5, 0.6) is 0 Å². The number of nitrogens with zero attached hydrogens (tertiary/aromatic N) is 7. The van der Waals surface area contributed by atoms with Crippen LogP contribution in [0.15, 0.2) is 17.3 Å². The summed E-state index contributed by atoms with van der Waals surface area (Å²) in [4.78, 5) is 37.1.